The number of carbonyl (C=O) groups excluding carboxylic acids is 1. The number of aryl methyl sites for hydroxylation is 3. The third-order valence-electron chi connectivity index (χ3n) is 4.77. The molecule has 9 nitrogen and oxygen atoms in total. The van der Waals surface area contributed by atoms with Gasteiger partial charge in [-0.3, -0.25) is 9.78 Å². The topological polar surface area (TPSA) is 145 Å². The minimum Gasteiger partial charge on any atom is -0.489 e. The lowest BCUT2D eigenvalue weighted by atomic mass is 10.1. The zero-order chi connectivity index (χ0) is 23.4. The molecule has 1 aromatic carbocycles. The Morgan fingerprint density at radius 2 is 1.94 bits per heavy atom. The van der Waals surface area contributed by atoms with Crippen LogP contribution in [0.3, 0.4) is 0 Å². The Morgan fingerprint density at radius 1 is 1.19 bits per heavy atom. The number of aliphatic hydroxyl groups excluding tert-OH is 2. The summed E-state index contributed by atoms with van der Waals surface area (Å²) >= 11 is 6.38. The summed E-state index contributed by atoms with van der Waals surface area (Å²) in [6, 6.07) is 7.22. The van der Waals surface area contributed by atoms with Crippen molar-refractivity contribution in [1.29, 1.82) is 0 Å². The second kappa shape index (κ2) is 10.1. The number of hydrogen-bond acceptors (Lipinski definition) is 8. The predicted molar refractivity (Wildman–Crippen MR) is 118 cm³/mol. The monoisotopic (exact) mass is 460 g/mol. The molecule has 2 atom stereocenters. The SMILES string of the molecule is CCc1cc(-c2nc(-c3cc(C)c(OC[C@H](O)CC(O)C(N)=O)c(Cl)c3)no2)cc(C)n1. The molecule has 0 saturated carbocycles. The van der Waals surface area contributed by atoms with Gasteiger partial charge in [0.25, 0.3) is 5.89 Å². The Balaban J connectivity index is 1.77. The number of hydrogen-bond donors (Lipinski definition) is 3. The summed E-state index contributed by atoms with van der Waals surface area (Å²) in [6.45, 7) is 5.55. The molecular weight excluding hydrogens is 436 g/mol. The van der Waals surface area contributed by atoms with Gasteiger partial charge in [-0.2, -0.15) is 4.98 Å². The molecule has 1 unspecified atom stereocenters. The normalized spacial score (nSPS) is 13.1. The first-order valence-corrected chi connectivity index (χ1v) is 10.5. The van der Waals surface area contributed by atoms with Crippen LogP contribution in [0.1, 0.15) is 30.3 Å². The van der Waals surface area contributed by atoms with Crippen molar-refractivity contribution in [3.63, 3.8) is 0 Å². The molecule has 170 valence electrons. The molecule has 3 rings (SSSR count). The largest absolute Gasteiger partial charge is 0.489 e. The molecule has 3 aromatic rings. The summed E-state index contributed by atoms with van der Waals surface area (Å²) in [5.74, 6) is 0.207. The molecule has 32 heavy (non-hydrogen) atoms. The first-order valence-electron chi connectivity index (χ1n) is 10.1. The van der Waals surface area contributed by atoms with Crippen molar-refractivity contribution in [2.45, 2.75) is 45.8 Å². The van der Waals surface area contributed by atoms with Crippen LogP contribution in [0.25, 0.3) is 22.8 Å². The molecule has 0 aliphatic carbocycles. The van der Waals surface area contributed by atoms with Crippen LogP contribution in [0.5, 0.6) is 5.75 Å². The lowest BCUT2D eigenvalue weighted by molar-refractivity contribution is -0.127. The minimum absolute atomic E-state index is 0.169. The summed E-state index contributed by atoms with van der Waals surface area (Å²) in [4.78, 5) is 19.8. The molecule has 0 fully saturated rings. The number of halogens is 1. The van der Waals surface area contributed by atoms with Crippen LogP contribution in [0.4, 0.5) is 0 Å². The van der Waals surface area contributed by atoms with Crippen molar-refractivity contribution >= 4 is 17.5 Å². The molecular formula is C22H25ClN4O5. The van der Waals surface area contributed by atoms with Crippen LogP contribution in [-0.4, -0.2) is 50.1 Å². The number of aliphatic hydroxyl groups is 2. The van der Waals surface area contributed by atoms with Crippen LogP contribution in [0, 0.1) is 13.8 Å². The van der Waals surface area contributed by atoms with Gasteiger partial charge in [-0.15, -0.1) is 0 Å². The van der Waals surface area contributed by atoms with Crippen LogP contribution in [0.2, 0.25) is 5.02 Å². The number of rotatable bonds is 9. The highest BCUT2D eigenvalue weighted by Gasteiger charge is 2.19. The second-order valence-corrected chi connectivity index (χ2v) is 7.90. The fourth-order valence-electron chi connectivity index (χ4n) is 3.16. The number of amides is 1. The number of ether oxygens (including phenoxy) is 1. The Bertz CT molecular complexity index is 1090. The van der Waals surface area contributed by atoms with Crippen molar-refractivity contribution in [2.24, 2.45) is 5.73 Å². The Morgan fingerprint density at radius 3 is 2.59 bits per heavy atom. The number of pyridine rings is 1. The molecule has 0 spiro atoms. The van der Waals surface area contributed by atoms with E-state index in [9.17, 15) is 15.0 Å². The maximum Gasteiger partial charge on any atom is 0.258 e. The van der Waals surface area contributed by atoms with Gasteiger partial charge in [0.2, 0.25) is 11.7 Å². The second-order valence-electron chi connectivity index (χ2n) is 7.49. The summed E-state index contributed by atoms with van der Waals surface area (Å²) < 4.78 is 11.0. The van der Waals surface area contributed by atoms with Crippen LogP contribution in [0.15, 0.2) is 28.8 Å². The fourth-order valence-corrected chi connectivity index (χ4v) is 3.49. The minimum atomic E-state index is -1.45. The molecule has 2 aromatic heterocycles. The molecule has 0 aliphatic heterocycles. The van der Waals surface area contributed by atoms with Gasteiger partial charge >= 0.3 is 0 Å². The smallest absolute Gasteiger partial charge is 0.258 e. The van der Waals surface area contributed by atoms with E-state index in [-0.39, 0.29) is 13.0 Å². The van der Waals surface area contributed by atoms with Gasteiger partial charge in [0, 0.05) is 28.9 Å². The molecule has 0 bridgehead atoms. The van der Waals surface area contributed by atoms with Gasteiger partial charge in [-0.05, 0) is 50.1 Å². The lowest BCUT2D eigenvalue weighted by Crippen LogP contribution is -2.33. The Labute approximate surface area is 190 Å². The van der Waals surface area contributed by atoms with E-state index in [0.717, 1.165) is 23.4 Å². The number of benzene rings is 1. The van der Waals surface area contributed by atoms with E-state index in [1.807, 2.05) is 26.0 Å². The summed E-state index contributed by atoms with van der Waals surface area (Å²) in [7, 11) is 0. The van der Waals surface area contributed by atoms with Crippen molar-refractivity contribution in [1.82, 2.24) is 15.1 Å². The first-order chi connectivity index (χ1) is 15.2. The van der Waals surface area contributed by atoms with E-state index < -0.39 is 18.1 Å². The molecule has 0 aliphatic rings. The molecule has 2 heterocycles. The van der Waals surface area contributed by atoms with E-state index in [1.54, 1.807) is 19.1 Å². The van der Waals surface area contributed by atoms with E-state index in [4.69, 9.17) is 26.6 Å². The number of primary amides is 1. The fraction of sp³-hybridized carbons (Fsp3) is 0.364. The zero-order valence-electron chi connectivity index (χ0n) is 18.0. The highest BCUT2D eigenvalue weighted by Crippen LogP contribution is 2.34. The van der Waals surface area contributed by atoms with Gasteiger partial charge < -0.3 is 25.2 Å². The van der Waals surface area contributed by atoms with E-state index >= 15 is 0 Å². The summed E-state index contributed by atoms with van der Waals surface area (Å²) in [6.07, 6.45) is -1.98. The molecule has 0 saturated heterocycles. The Hall–Kier alpha value is -3.01. The zero-order valence-corrected chi connectivity index (χ0v) is 18.8. The molecule has 0 radical (unpaired) electrons. The maximum atomic E-state index is 10.9. The van der Waals surface area contributed by atoms with E-state index in [2.05, 4.69) is 15.1 Å². The summed E-state index contributed by atoms with van der Waals surface area (Å²) in [5, 5.41) is 23.8. The van der Waals surface area contributed by atoms with Gasteiger partial charge in [-0.25, -0.2) is 0 Å². The summed E-state index contributed by atoms with van der Waals surface area (Å²) in [5.41, 5.74) is 8.91. The highest BCUT2D eigenvalue weighted by molar-refractivity contribution is 6.32. The number of nitrogens with zero attached hydrogens (tertiary/aromatic N) is 3. The molecule has 1 amide bonds. The average molecular weight is 461 g/mol. The van der Waals surface area contributed by atoms with E-state index in [0.29, 0.717) is 33.6 Å². The van der Waals surface area contributed by atoms with Gasteiger partial charge in [0.15, 0.2) is 0 Å². The third kappa shape index (κ3) is 5.61. The van der Waals surface area contributed by atoms with Crippen molar-refractivity contribution in [3.8, 4) is 28.6 Å². The van der Waals surface area contributed by atoms with Crippen LogP contribution < -0.4 is 10.5 Å². The quantitative estimate of drug-likeness (QED) is 0.441. The molecule has 10 heteroatoms. The van der Waals surface area contributed by atoms with E-state index in [1.165, 1.54) is 0 Å². The highest BCUT2D eigenvalue weighted by atomic mass is 35.5. The van der Waals surface area contributed by atoms with Gasteiger partial charge in [0.05, 0.1) is 11.1 Å². The third-order valence-corrected chi connectivity index (χ3v) is 5.05. The van der Waals surface area contributed by atoms with Gasteiger partial charge in [0.1, 0.15) is 18.5 Å². The predicted octanol–water partition coefficient (Wildman–Crippen LogP) is 2.61. The van der Waals surface area contributed by atoms with Crippen LogP contribution >= 0.6 is 11.6 Å². The van der Waals surface area contributed by atoms with Crippen molar-refractivity contribution < 1.29 is 24.3 Å². The lowest BCUT2D eigenvalue weighted by Gasteiger charge is -2.16. The number of nitrogens with two attached hydrogens (primary N) is 1. The van der Waals surface area contributed by atoms with Crippen molar-refractivity contribution in [2.75, 3.05) is 6.61 Å². The average Bonchev–Trinajstić information content (AvgIpc) is 3.22. The maximum absolute atomic E-state index is 10.9. The first kappa shape index (κ1) is 23.6. The number of carbonyl (C=O) groups is 1. The molecule has 4 N–H and O–H groups in total. The van der Waals surface area contributed by atoms with Gasteiger partial charge in [-0.1, -0.05) is 23.7 Å². The van der Waals surface area contributed by atoms with Crippen LogP contribution in [-0.2, 0) is 11.2 Å². The Kier molecular flexibility index (Phi) is 7.44. The number of aromatic nitrogens is 3. The standard InChI is InChI=1S/C22H25ClN4O5/c1-4-15-7-14(6-12(3)25-15)22-26-21(27-32-22)13-5-11(2)19(17(23)8-13)31-10-16(28)9-18(29)20(24)30/h5-8,16,18,28-29H,4,9-10H2,1-3H3,(H2,24,30)/t16-,18?/m1/s1. The van der Waals surface area contributed by atoms with Crippen molar-refractivity contribution in [3.05, 3.63) is 46.2 Å².